The number of nitrogens with zero attached hydrogens (tertiary/aromatic N) is 2. The molecule has 0 saturated carbocycles. The summed E-state index contributed by atoms with van der Waals surface area (Å²) >= 11 is 0. The molecule has 0 unspecified atom stereocenters. The zero-order valence-electron chi connectivity index (χ0n) is 13.1. The highest BCUT2D eigenvalue weighted by Crippen LogP contribution is 2.22. The molecule has 1 heterocycles. The van der Waals surface area contributed by atoms with Gasteiger partial charge in [0.05, 0.1) is 19.3 Å². The highest BCUT2D eigenvalue weighted by molar-refractivity contribution is 5.98. The number of anilines is 1. The van der Waals surface area contributed by atoms with E-state index in [9.17, 15) is 4.79 Å². The van der Waals surface area contributed by atoms with Gasteiger partial charge in [0.15, 0.2) is 5.78 Å². The van der Waals surface area contributed by atoms with E-state index in [1.54, 1.807) is 25.3 Å². The van der Waals surface area contributed by atoms with E-state index in [0.29, 0.717) is 29.6 Å². The molecule has 5 heteroatoms. The molecule has 2 N–H and O–H groups in total. The smallest absolute Gasteiger partial charge is 0.176 e. The Hall–Kier alpha value is -1.59. The molecule has 2 rings (SSSR count). The molecule has 1 saturated heterocycles. The molecule has 5 nitrogen and oxygen atoms in total. The van der Waals surface area contributed by atoms with Crippen molar-refractivity contribution in [1.29, 1.82) is 0 Å². The number of Topliss-reactive ketones (excluding diaryl/α,β-unsaturated/α-hetero) is 1. The summed E-state index contributed by atoms with van der Waals surface area (Å²) in [6, 6.07) is 5.71. The molecule has 1 aromatic rings. The Morgan fingerprint density at radius 2 is 2.10 bits per heavy atom. The van der Waals surface area contributed by atoms with Crippen LogP contribution >= 0.6 is 0 Å². The third kappa shape index (κ3) is 3.95. The van der Waals surface area contributed by atoms with Crippen molar-refractivity contribution in [1.82, 2.24) is 9.80 Å². The van der Waals surface area contributed by atoms with Crippen molar-refractivity contribution in [3.05, 3.63) is 23.8 Å². The number of ketones is 1. The molecule has 0 atom stereocenters. The topological polar surface area (TPSA) is 58.8 Å². The largest absolute Gasteiger partial charge is 0.495 e. The summed E-state index contributed by atoms with van der Waals surface area (Å²) in [5, 5.41) is 0. The van der Waals surface area contributed by atoms with Crippen molar-refractivity contribution in [2.45, 2.75) is 18.9 Å². The third-order valence-electron chi connectivity index (χ3n) is 4.26. The van der Waals surface area contributed by atoms with Crippen LogP contribution in [0.5, 0.6) is 5.75 Å². The Labute approximate surface area is 126 Å². The van der Waals surface area contributed by atoms with Crippen LogP contribution in [0.4, 0.5) is 5.69 Å². The van der Waals surface area contributed by atoms with Gasteiger partial charge in [0.2, 0.25) is 0 Å². The minimum atomic E-state index is 0.103. The van der Waals surface area contributed by atoms with Crippen molar-refractivity contribution < 1.29 is 9.53 Å². The van der Waals surface area contributed by atoms with Crippen LogP contribution in [0.1, 0.15) is 23.2 Å². The van der Waals surface area contributed by atoms with Crippen LogP contribution in [-0.4, -0.2) is 62.5 Å². The molecule has 0 radical (unpaired) electrons. The number of ether oxygens (including phenoxy) is 1. The molecule has 1 fully saturated rings. The maximum atomic E-state index is 12.4. The van der Waals surface area contributed by atoms with E-state index in [-0.39, 0.29) is 5.78 Å². The van der Waals surface area contributed by atoms with E-state index < -0.39 is 0 Å². The van der Waals surface area contributed by atoms with E-state index in [1.807, 2.05) is 7.05 Å². The van der Waals surface area contributed by atoms with Gasteiger partial charge in [0, 0.05) is 11.6 Å². The lowest BCUT2D eigenvalue weighted by molar-refractivity contribution is 0.0871. The molecule has 21 heavy (non-hydrogen) atoms. The highest BCUT2D eigenvalue weighted by atomic mass is 16.5. The molecule has 0 amide bonds. The Balaban J connectivity index is 1.96. The number of rotatable bonds is 5. The van der Waals surface area contributed by atoms with E-state index in [1.165, 1.54) is 0 Å². The fourth-order valence-corrected chi connectivity index (χ4v) is 2.79. The number of piperidine rings is 1. The van der Waals surface area contributed by atoms with Gasteiger partial charge in [0.1, 0.15) is 5.75 Å². The first-order valence-electron chi connectivity index (χ1n) is 7.36. The highest BCUT2D eigenvalue weighted by Gasteiger charge is 2.22. The molecule has 1 aromatic carbocycles. The summed E-state index contributed by atoms with van der Waals surface area (Å²) in [4.78, 5) is 16.9. The van der Waals surface area contributed by atoms with Crippen LogP contribution in [0.2, 0.25) is 0 Å². The molecule has 0 aromatic heterocycles. The number of hydrogen-bond acceptors (Lipinski definition) is 5. The van der Waals surface area contributed by atoms with Crippen LogP contribution in [0, 0.1) is 0 Å². The van der Waals surface area contributed by atoms with Crippen molar-refractivity contribution >= 4 is 11.5 Å². The Bertz CT molecular complexity index is 496. The van der Waals surface area contributed by atoms with Crippen molar-refractivity contribution in [3.63, 3.8) is 0 Å². The Morgan fingerprint density at radius 3 is 2.67 bits per heavy atom. The van der Waals surface area contributed by atoms with Gasteiger partial charge in [-0.2, -0.15) is 0 Å². The first-order chi connectivity index (χ1) is 10.0. The number of carbonyl (C=O) groups excluding carboxylic acids is 1. The fourth-order valence-electron chi connectivity index (χ4n) is 2.79. The van der Waals surface area contributed by atoms with Crippen LogP contribution in [-0.2, 0) is 0 Å². The minimum absolute atomic E-state index is 0.103. The average Bonchev–Trinajstić information content (AvgIpc) is 2.47. The van der Waals surface area contributed by atoms with Crippen molar-refractivity contribution in [2.24, 2.45) is 0 Å². The zero-order valence-corrected chi connectivity index (χ0v) is 13.1. The molecular weight excluding hydrogens is 266 g/mol. The molecule has 0 bridgehead atoms. The number of carbonyl (C=O) groups is 1. The summed E-state index contributed by atoms with van der Waals surface area (Å²) in [6.07, 6.45) is 2.23. The summed E-state index contributed by atoms with van der Waals surface area (Å²) < 4.78 is 5.11. The van der Waals surface area contributed by atoms with Crippen LogP contribution < -0.4 is 10.5 Å². The van der Waals surface area contributed by atoms with Gasteiger partial charge < -0.3 is 15.4 Å². The number of nitrogens with two attached hydrogens (primary N) is 1. The fraction of sp³-hybridized carbons (Fsp3) is 0.562. The number of hydrogen-bond donors (Lipinski definition) is 1. The average molecular weight is 291 g/mol. The van der Waals surface area contributed by atoms with Gasteiger partial charge in [-0.15, -0.1) is 0 Å². The van der Waals surface area contributed by atoms with Crippen LogP contribution in [0.15, 0.2) is 18.2 Å². The van der Waals surface area contributed by atoms with Gasteiger partial charge in [-0.1, -0.05) is 0 Å². The minimum Gasteiger partial charge on any atom is -0.495 e. The summed E-state index contributed by atoms with van der Waals surface area (Å²) in [6.45, 7) is 2.62. The summed E-state index contributed by atoms with van der Waals surface area (Å²) in [7, 11) is 5.74. The molecule has 116 valence electrons. The lowest BCUT2D eigenvalue weighted by Gasteiger charge is -2.34. The normalized spacial score (nSPS) is 17.1. The second kappa shape index (κ2) is 6.91. The molecule has 0 aliphatic carbocycles. The number of benzene rings is 1. The van der Waals surface area contributed by atoms with Crippen LogP contribution in [0.25, 0.3) is 0 Å². The SMILES string of the molecule is COc1ccc(C(=O)CN(C)C2CCN(C)CC2)cc1N. The van der Waals surface area contributed by atoms with Gasteiger partial charge >= 0.3 is 0 Å². The lowest BCUT2D eigenvalue weighted by Crippen LogP contribution is -2.43. The second-order valence-electron chi connectivity index (χ2n) is 5.83. The van der Waals surface area contributed by atoms with Gasteiger partial charge in [-0.05, 0) is 58.2 Å². The second-order valence-corrected chi connectivity index (χ2v) is 5.83. The summed E-state index contributed by atoms with van der Waals surface area (Å²) in [5.41, 5.74) is 7.01. The van der Waals surface area contributed by atoms with E-state index in [2.05, 4.69) is 16.8 Å². The third-order valence-corrected chi connectivity index (χ3v) is 4.26. The molecule has 1 aliphatic rings. The molecule has 1 aliphatic heterocycles. The Morgan fingerprint density at radius 1 is 1.43 bits per heavy atom. The monoisotopic (exact) mass is 291 g/mol. The predicted molar refractivity (Wildman–Crippen MR) is 84.9 cm³/mol. The first kappa shape index (κ1) is 15.8. The Kier molecular flexibility index (Phi) is 5.20. The zero-order chi connectivity index (χ0) is 15.4. The quantitative estimate of drug-likeness (QED) is 0.658. The van der Waals surface area contributed by atoms with Crippen LogP contribution in [0.3, 0.4) is 0 Å². The van der Waals surface area contributed by atoms with Crippen molar-refractivity contribution in [2.75, 3.05) is 46.6 Å². The van der Waals surface area contributed by atoms with E-state index >= 15 is 0 Å². The number of likely N-dealkylation sites (tertiary alicyclic amines) is 1. The van der Waals surface area contributed by atoms with Gasteiger partial charge in [0.25, 0.3) is 0 Å². The molecule has 0 spiro atoms. The predicted octanol–water partition coefficient (Wildman–Crippen LogP) is 1.49. The lowest BCUT2D eigenvalue weighted by atomic mass is 10.0. The van der Waals surface area contributed by atoms with Gasteiger partial charge in [-0.3, -0.25) is 9.69 Å². The van der Waals surface area contributed by atoms with Gasteiger partial charge in [-0.25, -0.2) is 0 Å². The standard InChI is InChI=1S/C16H25N3O2/c1-18-8-6-13(7-9-18)19(2)11-15(20)12-4-5-16(21-3)14(17)10-12/h4-5,10,13H,6-9,11,17H2,1-3H3. The van der Waals surface area contributed by atoms with E-state index in [4.69, 9.17) is 10.5 Å². The number of nitrogen functional groups attached to an aromatic ring is 1. The van der Waals surface area contributed by atoms with E-state index in [0.717, 1.165) is 25.9 Å². The van der Waals surface area contributed by atoms with Crippen molar-refractivity contribution in [3.8, 4) is 5.75 Å². The summed E-state index contributed by atoms with van der Waals surface area (Å²) in [5.74, 6) is 0.709. The maximum absolute atomic E-state index is 12.4. The maximum Gasteiger partial charge on any atom is 0.176 e. The molecular formula is C16H25N3O2. The first-order valence-corrected chi connectivity index (χ1v) is 7.36. The number of methoxy groups -OCH3 is 1. The number of likely N-dealkylation sites (N-methyl/N-ethyl adjacent to an activating group) is 1.